The van der Waals surface area contributed by atoms with Crippen LogP contribution in [0.25, 0.3) is 0 Å². The zero-order chi connectivity index (χ0) is 36.9. The molecule has 1 atom stereocenters. The van der Waals surface area contributed by atoms with Gasteiger partial charge in [0.05, 0.1) is 25.8 Å². The number of halogens is 4. The van der Waals surface area contributed by atoms with E-state index in [1.54, 1.807) is 53.4 Å². The fourth-order valence-corrected chi connectivity index (χ4v) is 6.17. The topological polar surface area (TPSA) is 132 Å². The second-order valence-corrected chi connectivity index (χ2v) is 12.2. The molecule has 0 radical (unpaired) electrons. The van der Waals surface area contributed by atoms with Crippen LogP contribution in [-0.4, -0.2) is 65.7 Å². The summed E-state index contributed by atoms with van der Waals surface area (Å²) in [6, 6.07) is 17.5. The Balaban J connectivity index is 1.43. The van der Waals surface area contributed by atoms with E-state index in [-0.39, 0.29) is 24.5 Å². The second kappa shape index (κ2) is 15.7. The van der Waals surface area contributed by atoms with E-state index in [9.17, 15) is 32.3 Å². The Morgan fingerprint density at radius 1 is 0.922 bits per heavy atom. The highest BCUT2D eigenvalue weighted by Gasteiger charge is 2.35. The number of aromatic nitrogens is 2. The van der Waals surface area contributed by atoms with Gasteiger partial charge in [-0.3, -0.25) is 28.4 Å². The highest BCUT2D eigenvalue weighted by atomic mass is 19.4. The number of nitrogens with two attached hydrogens (primary N) is 1. The number of benzene rings is 3. The molecule has 0 bridgehead atoms. The average Bonchev–Trinajstić information content (AvgIpc) is 3.12. The fraction of sp³-hybridized carbons (Fsp3) is 0.333. The van der Waals surface area contributed by atoms with Crippen LogP contribution in [0.1, 0.15) is 44.3 Å². The first kappa shape index (κ1) is 37.0. The second-order valence-electron chi connectivity index (χ2n) is 12.2. The molecule has 2 heterocycles. The van der Waals surface area contributed by atoms with Gasteiger partial charge in [0.1, 0.15) is 18.0 Å². The molecule has 0 spiro atoms. The van der Waals surface area contributed by atoms with Gasteiger partial charge >= 0.3 is 17.8 Å². The average molecular weight is 711 g/mol. The summed E-state index contributed by atoms with van der Waals surface area (Å²) in [5.74, 6) is -2.14. The SMILES string of the molecule is COC(=O)CNC(=O)c1cccc(CN2CCN(c3c(C)n(Cc4c(F)cccc4C(F)(F)F)c(=O)n(CC(N)c4ccccc4)c3=O)CC2)c1. The Bertz CT molecular complexity index is 2010. The predicted octanol–water partition coefficient (Wildman–Crippen LogP) is 3.45. The normalized spacial score (nSPS) is 14.3. The first-order valence-corrected chi connectivity index (χ1v) is 16.2. The first-order chi connectivity index (χ1) is 24.3. The molecule has 1 saturated heterocycles. The van der Waals surface area contributed by atoms with Crippen molar-refractivity contribution in [1.82, 2.24) is 19.4 Å². The van der Waals surface area contributed by atoms with E-state index in [0.717, 1.165) is 32.9 Å². The highest BCUT2D eigenvalue weighted by molar-refractivity contribution is 5.96. The number of esters is 1. The zero-order valence-electron chi connectivity index (χ0n) is 28.1. The number of nitrogens with zero attached hydrogens (tertiary/aromatic N) is 4. The minimum Gasteiger partial charge on any atom is -0.468 e. The maximum atomic E-state index is 15.0. The number of alkyl halides is 3. The summed E-state index contributed by atoms with van der Waals surface area (Å²) in [6.07, 6.45) is -4.88. The summed E-state index contributed by atoms with van der Waals surface area (Å²) >= 11 is 0. The van der Waals surface area contributed by atoms with E-state index in [0.29, 0.717) is 43.9 Å². The quantitative estimate of drug-likeness (QED) is 0.179. The van der Waals surface area contributed by atoms with Crippen molar-refractivity contribution in [2.45, 2.75) is 38.8 Å². The smallest absolute Gasteiger partial charge is 0.416 e. The Morgan fingerprint density at radius 3 is 2.27 bits per heavy atom. The van der Waals surface area contributed by atoms with Gasteiger partial charge < -0.3 is 20.7 Å². The third kappa shape index (κ3) is 8.55. The lowest BCUT2D eigenvalue weighted by Crippen LogP contribution is -2.51. The molecular weight excluding hydrogens is 672 g/mol. The van der Waals surface area contributed by atoms with Crippen molar-refractivity contribution in [3.8, 4) is 0 Å². The molecule has 51 heavy (non-hydrogen) atoms. The highest BCUT2D eigenvalue weighted by Crippen LogP contribution is 2.33. The molecule has 1 amide bonds. The van der Waals surface area contributed by atoms with E-state index >= 15 is 4.39 Å². The van der Waals surface area contributed by atoms with Gasteiger partial charge in [-0.25, -0.2) is 9.18 Å². The number of ether oxygens (including phenoxy) is 1. The largest absolute Gasteiger partial charge is 0.468 e. The van der Waals surface area contributed by atoms with Crippen LogP contribution in [0.2, 0.25) is 0 Å². The van der Waals surface area contributed by atoms with Gasteiger partial charge in [-0.15, -0.1) is 0 Å². The van der Waals surface area contributed by atoms with Crippen molar-refractivity contribution in [3.05, 3.63) is 133 Å². The number of methoxy groups -OCH3 is 1. The van der Waals surface area contributed by atoms with E-state index in [1.807, 2.05) is 6.07 Å². The van der Waals surface area contributed by atoms with Gasteiger partial charge in [0.15, 0.2) is 0 Å². The summed E-state index contributed by atoms with van der Waals surface area (Å²) < 4.78 is 63.4. The molecule has 3 N–H and O–H groups in total. The minimum absolute atomic E-state index is 0.102. The van der Waals surface area contributed by atoms with Crippen molar-refractivity contribution < 1.29 is 31.9 Å². The molecule has 1 aliphatic rings. The van der Waals surface area contributed by atoms with Crippen molar-refractivity contribution in [2.75, 3.05) is 44.7 Å². The van der Waals surface area contributed by atoms with Crippen molar-refractivity contribution >= 4 is 17.6 Å². The lowest BCUT2D eigenvalue weighted by molar-refractivity contribution is -0.139. The lowest BCUT2D eigenvalue weighted by Gasteiger charge is -2.37. The lowest BCUT2D eigenvalue weighted by atomic mass is 10.1. The van der Waals surface area contributed by atoms with Crippen LogP contribution in [0, 0.1) is 12.7 Å². The Kier molecular flexibility index (Phi) is 11.4. The summed E-state index contributed by atoms with van der Waals surface area (Å²) in [5.41, 5.74) is 4.99. The number of nitrogens with one attached hydrogen (secondary N) is 1. The maximum Gasteiger partial charge on any atom is 0.416 e. The molecule has 1 aliphatic heterocycles. The number of hydrogen-bond acceptors (Lipinski definition) is 8. The van der Waals surface area contributed by atoms with Gasteiger partial charge in [0.2, 0.25) is 0 Å². The summed E-state index contributed by atoms with van der Waals surface area (Å²) in [7, 11) is 1.23. The monoisotopic (exact) mass is 710 g/mol. The van der Waals surface area contributed by atoms with Crippen LogP contribution in [0.3, 0.4) is 0 Å². The fourth-order valence-electron chi connectivity index (χ4n) is 6.17. The number of amides is 1. The number of anilines is 1. The van der Waals surface area contributed by atoms with Gasteiger partial charge in [0, 0.05) is 55.6 Å². The Labute approximate surface area is 290 Å². The van der Waals surface area contributed by atoms with Gasteiger partial charge in [-0.1, -0.05) is 48.5 Å². The van der Waals surface area contributed by atoms with Gasteiger partial charge in [0.25, 0.3) is 11.5 Å². The molecular formula is C36H38F4N6O5. The van der Waals surface area contributed by atoms with E-state index < -0.39 is 58.8 Å². The standard InChI is InChI=1S/C36H38F4N6O5/c1-23-32(44-16-14-43(15-17-44)20-24-8-6-11-26(18-24)33(48)42-19-31(47)51-2)34(49)46(22-30(41)25-9-4-3-5-10-25)35(50)45(23)21-27-28(36(38,39)40)12-7-13-29(27)37/h3-13,18,30H,14-17,19-22,41H2,1-2H3,(H,42,48). The van der Waals surface area contributed by atoms with E-state index in [1.165, 1.54) is 14.0 Å². The van der Waals surface area contributed by atoms with Gasteiger partial charge in [-0.2, -0.15) is 13.2 Å². The summed E-state index contributed by atoms with van der Waals surface area (Å²) in [5, 5.41) is 2.50. The van der Waals surface area contributed by atoms with Gasteiger partial charge in [-0.05, 0) is 42.3 Å². The molecule has 0 aliphatic carbocycles. The molecule has 1 fully saturated rings. The van der Waals surface area contributed by atoms with Crippen LogP contribution in [-0.2, 0) is 35.3 Å². The number of piperazine rings is 1. The van der Waals surface area contributed by atoms with Crippen molar-refractivity contribution in [3.63, 3.8) is 0 Å². The summed E-state index contributed by atoms with van der Waals surface area (Å²) in [4.78, 5) is 55.8. The van der Waals surface area contributed by atoms with Crippen LogP contribution < -0.4 is 27.2 Å². The molecule has 11 nitrogen and oxygen atoms in total. The molecule has 4 aromatic rings. The number of rotatable bonds is 11. The van der Waals surface area contributed by atoms with E-state index in [4.69, 9.17) is 5.73 Å². The Hall–Kier alpha value is -5.28. The van der Waals surface area contributed by atoms with Crippen molar-refractivity contribution in [2.24, 2.45) is 5.73 Å². The molecule has 1 aromatic heterocycles. The number of carbonyl (C=O) groups is 2. The maximum absolute atomic E-state index is 15.0. The van der Waals surface area contributed by atoms with Crippen LogP contribution in [0.5, 0.6) is 0 Å². The minimum atomic E-state index is -4.88. The zero-order valence-corrected chi connectivity index (χ0v) is 28.1. The molecule has 270 valence electrons. The number of carbonyl (C=O) groups excluding carboxylic acids is 2. The third-order valence-electron chi connectivity index (χ3n) is 8.91. The Morgan fingerprint density at radius 2 is 1.61 bits per heavy atom. The summed E-state index contributed by atoms with van der Waals surface area (Å²) in [6.45, 7) is 2.23. The third-order valence-corrected chi connectivity index (χ3v) is 8.91. The predicted molar refractivity (Wildman–Crippen MR) is 182 cm³/mol. The molecule has 1 unspecified atom stereocenters. The van der Waals surface area contributed by atoms with Crippen molar-refractivity contribution in [1.29, 1.82) is 0 Å². The van der Waals surface area contributed by atoms with Crippen LogP contribution >= 0.6 is 0 Å². The molecule has 5 rings (SSSR count). The molecule has 15 heteroatoms. The molecule has 3 aromatic carbocycles. The first-order valence-electron chi connectivity index (χ1n) is 16.2. The van der Waals surface area contributed by atoms with Crippen LogP contribution in [0.4, 0.5) is 23.2 Å². The number of hydrogen-bond donors (Lipinski definition) is 2. The van der Waals surface area contributed by atoms with E-state index in [2.05, 4.69) is 15.0 Å². The van der Waals surface area contributed by atoms with Crippen LogP contribution in [0.15, 0.2) is 82.4 Å². The molecule has 0 saturated carbocycles.